The third-order valence-corrected chi connectivity index (χ3v) is 6.77. The Labute approximate surface area is 229 Å². The predicted octanol–water partition coefficient (Wildman–Crippen LogP) is 6.15. The molecule has 0 bridgehead atoms. The first-order chi connectivity index (χ1) is 18.3. The van der Waals surface area contributed by atoms with Crippen LogP contribution in [0.3, 0.4) is 0 Å². The summed E-state index contributed by atoms with van der Waals surface area (Å²) < 4.78 is 5.91. The van der Waals surface area contributed by atoms with Crippen molar-refractivity contribution in [2.75, 3.05) is 43.0 Å². The molecule has 0 aliphatic carbocycles. The van der Waals surface area contributed by atoms with Crippen LogP contribution in [0.4, 0.5) is 11.4 Å². The highest BCUT2D eigenvalue weighted by Gasteiger charge is 2.22. The summed E-state index contributed by atoms with van der Waals surface area (Å²) in [7, 11) is 0. The Morgan fingerprint density at radius 1 is 1.00 bits per heavy atom. The molecule has 1 saturated heterocycles. The minimum atomic E-state index is -0.260. The van der Waals surface area contributed by atoms with E-state index < -0.39 is 0 Å². The summed E-state index contributed by atoms with van der Waals surface area (Å²) in [5, 5.41) is 3.51. The van der Waals surface area contributed by atoms with Crippen molar-refractivity contribution in [1.82, 2.24) is 4.90 Å². The van der Waals surface area contributed by atoms with Crippen LogP contribution in [0.2, 0.25) is 5.02 Å². The Morgan fingerprint density at radius 3 is 2.45 bits per heavy atom. The first-order valence-corrected chi connectivity index (χ1v) is 13.3. The highest BCUT2D eigenvalue weighted by molar-refractivity contribution is 6.31. The Bertz CT molecular complexity index is 1300. The first kappa shape index (κ1) is 27.3. The zero-order valence-corrected chi connectivity index (χ0v) is 22.9. The zero-order valence-electron chi connectivity index (χ0n) is 22.1. The largest absolute Gasteiger partial charge is 0.483 e. The number of ether oxygens (including phenoxy) is 1. The lowest BCUT2D eigenvalue weighted by molar-refractivity contribution is -0.126. The number of amides is 2. The van der Waals surface area contributed by atoms with E-state index in [2.05, 4.69) is 24.1 Å². The molecule has 1 aliphatic heterocycles. The first-order valence-electron chi connectivity index (χ1n) is 12.9. The fourth-order valence-electron chi connectivity index (χ4n) is 4.46. The summed E-state index contributed by atoms with van der Waals surface area (Å²) in [6, 6.07) is 21.3. The van der Waals surface area contributed by atoms with Crippen molar-refractivity contribution in [2.45, 2.75) is 26.7 Å². The van der Waals surface area contributed by atoms with Gasteiger partial charge in [-0.15, -0.1) is 0 Å². The predicted molar refractivity (Wildman–Crippen MR) is 155 cm³/mol. The number of halogens is 1. The molecule has 0 radical (unpaired) electrons. The third kappa shape index (κ3) is 7.17. The smallest absolute Gasteiger partial charge is 0.262 e. The maximum atomic E-state index is 12.9. The van der Waals surface area contributed by atoms with Crippen LogP contribution in [0.5, 0.6) is 5.75 Å². The Morgan fingerprint density at radius 2 is 1.74 bits per heavy atom. The highest BCUT2D eigenvalue weighted by Crippen LogP contribution is 2.31. The van der Waals surface area contributed by atoms with Crippen molar-refractivity contribution >= 4 is 40.9 Å². The summed E-state index contributed by atoms with van der Waals surface area (Å²) in [6.07, 6.45) is 3.46. The van der Waals surface area contributed by atoms with Crippen LogP contribution >= 0.6 is 11.6 Å². The lowest BCUT2D eigenvalue weighted by atomic mass is 10.0. The van der Waals surface area contributed by atoms with E-state index in [9.17, 15) is 9.59 Å². The number of anilines is 2. The van der Waals surface area contributed by atoms with Crippen LogP contribution in [0.15, 0.2) is 72.8 Å². The molecule has 4 rings (SSSR count). The van der Waals surface area contributed by atoms with Crippen molar-refractivity contribution in [1.29, 1.82) is 0 Å². The molecule has 198 valence electrons. The lowest BCUT2D eigenvalue weighted by Gasteiger charge is -2.36. The van der Waals surface area contributed by atoms with Gasteiger partial charge in [0.2, 0.25) is 5.91 Å². The molecule has 3 aromatic rings. The maximum absolute atomic E-state index is 12.9. The van der Waals surface area contributed by atoms with Crippen molar-refractivity contribution in [3.8, 4) is 5.75 Å². The van der Waals surface area contributed by atoms with E-state index in [4.69, 9.17) is 16.3 Å². The fraction of sp³-hybridized carbons (Fsp3) is 0.290. The number of hydrogen-bond acceptors (Lipinski definition) is 4. The molecule has 0 spiro atoms. The summed E-state index contributed by atoms with van der Waals surface area (Å²) in [4.78, 5) is 29.6. The van der Waals surface area contributed by atoms with Crippen LogP contribution < -0.4 is 15.0 Å². The molecule has 6 nitrogen and oxygen atoms in total. The molecule has 0 saturated carbocycles. The van der Waals surface area contributed by atoms with E-state index in [1.54, 1.807) is 12.1 Å². The molecule has 1 aliphatic rings. The maximum Gasteiger partial charge on any atom is 0.262 e. The molecule has 7 heteroatoms. The number of carbonyl (C=O) groups excluding carboxylic acids is 2. The Balaban J connectivity index is 1.37. The Kier molecular flexibility index (Phi) is 9.08. The number of nitrogens with zero attached hydrogens (tertiary/aromatic N) is 2. The second kappa shape index (κ2) is 12.7. The summed E-state index contributed by atoms with van der Waals surface area (Å²) >= 11 is 6.27. The summed E-state index contributed by atoms with van der Waals surface area (Å²) in [6.45, 7) is 8.56. The standard InChI is InChI=1S/C31H34ClN3O3/c1-22(2)26-12-9-23(3)19-29(26)38-21-30(36)33-27-20-25(32)11-13-28(27)34-15-17-35(18-16-34)31(37)14-10-24-7-5-4-6-8-24/h4-14,19-20,22H,15-18,21H2,1-3H3,(H,33,36)/b14-10+. The minimum absolute atomic E-state index is 0.00722. The second-order valence-electron chi connectivity index (χ2n) is 9.75. The van der Waals surface area contributed by atoms with Crippen LogP contribution in [0.1, 0.15) is 36.5 Å². The monoisotopic (exact) mass is 531 g/mol. The molecule has 1 N–H and O–H groups in total. The van der Waals surface area contributed by atoms with Gasteiger partial charge in [-0.25, -0.2) is 0 Å². The molecule has 0 atom stereocenters. The number of piperazine rings is 1. The van der Waals surface area contributed by atoms with Crippen molar-refractivity contribution < 1.29 is 14.3 Å². The van der Waals surface area contributed by atoms with Gasteiger partial charge in [-0.3, -0.25) is 9.59 Å². The van der Waals surface area contributed by atoms with Gasteiger partial charge in [-0.1, -0.05) is 67.9 Å². The second-order valence-corrected chi connectivity index (χ2v) is 10.2. The quantitative estimate of drug-likeness (QED) is 0.354. The van der Waals surface area contributed by atoms with E-state index >= 15 is 0 Å². The summed E-state index contributed by atoms with van der Waals surface area (Å²) in [5.74, 6) is 0.743. The normalized spacial score (nSPS) is 13.7. The van der Waals surface area contributed by atoms with Gasteiger partial charge in [0.25, 0.3) is 5.91 Å². The van der Waals surface area contributed by atoms with E-state index in [0.29, 0.717) is 36.9 Å². The van der Waals surface area contributed by atoms with E-state index in [1.807, 2.05) is 78.6 Å². The molecule has 2 amide bonds. The third-order valence-electron chi connectivity index (χ3n) is 6.53. The van der Waals surface area contributed by atoms with E-state index in [1.165, 1.54) is 0 Å². The lowest BCUT2D eigenvalue weighted by Crippen LogP contribution is -2.48. The van der Waals surface area contributed by atoms with Crippen LogP contribution in [-0.2, 0) is 9.59 Å². The van der Waals surface area contributed by atoms with Gasteiger partial charge in [0.15, 0.2) is 6.61 Å². The Hall–Kier alpha value is -3.77. The zero-order chi connectivity index (χ0) is 27.1. The molecule has 38 heavy (non-hydrogen) atoms. The number of nitrogens with one attached hydrogen (secondary N) is 1. The number of hydrogen-bond donors (Lipinski definition) is 1. The van der Waals surface area contributed by atoms with Gasteiger partial charge in [0.05, 0.1) is 11.4 Å². The van der Waals surface area contributed by atoms with E-state index in [0.717, 1.165) is 28.1 Å². The fourth-order valence-corrected chi connectivity index (χ4v) is 4.63. The average molecular weight is 532 g/mol. The van der Waals surface area contributed by atoms with Crippen molar-refractivity contribution in [3.63, 3.8) is 0 Å². The van der Waals surface area contributed by atoms with Gasteiger partial charge in [-0.05, 0) is 59.9 Å². The molecule has 1 heterocycles. The number of carbonyl (C=O) groups is 2. The molecule has 0 aromatic heterocycles. The van der Waals surface area contributed by atoms with Crippen molar-refractivity contribution in [2.24, 2.45) is 0 Å². The topological polar surface area (TPSA) is 61.9 Å². The molecular formula is C31H34ClN3O3. The van der Waals surface area contributed by atoms with Gasteiger partial charge in [0.1, 0.15) is 5.75 Å². The SMILES string of the molecule is Cc1ccc(C(C)C)c(OCC(=O)Nc2cc(Cl)ccc2N2CCN(C(=O)/C=C/c3ccccc3)CC2)c1. The number of benzene rings is 3. The minimum Gasteiger partial charge on any atom is -0.483 e. The van der Waals surface area contributed by atoms with Gasteiger partial charge in [-0.2, -0.15) is 0 Å². The van der Waals surface area contributed by atoms with E-state index in [-0.39, 0.29) is 24.3 Å². The van der Waals surface area contributed by atoms with Gasteiger partial charge in [0, 0.05) is 37.3 Å². The van der Waals surface area contributed by atoms with Crippen LogP contribution in [0.25, 0.3) is 6.08 Å². The molecule has 0 unspecified atom stereocenters. The highest BCUT2D eigenvalue weighted by atomic mass is 35.5. The summed E-state index contributed by atoms with van der Waals surface area (Å²) in [5.41, 5.74) is 4.64. The molecule has 3 aromatic carbocycles. The number of rotatable bonds is 8. The molecular weight excluding hydrogens is 498 g/mol. The van der Waals surface area contributed by atoms with Gasteiger partial charge < -0.3 is 19.9 Å². The average Bonchev–Trinajstić information content (AvgIpc) is 2.91. The van der Waals surface area contributed by atoms with Crippen molar-refractivity contribution in [3.05, 3.63) is 94.5 Å². The van der Waals surface area contributed by atoms with Gasteiger partial charge >= 0.3 is 0 Å². The van der Waals surface area contributed by atoms with Crippen LogP contribution in [0, 0.1) is 6.92 Å². The van der Waals surface area contributed by atoms with Crippen LogP contribution in [-0.4, -0.2) is 49.5 Å². The molecule has 1 fully saturated rings. The number of aryl methyl sites for hydroxylation is 1.